The van der Waals surface area contributed by atoms with Gasteiger partial charge in [0.25, 0.3) is 0 Å². The Balaban J connectivity index is 2.09. The zero-order valence-electron chi connectivity index (χ0n) is 12.6. The summed E-state index contributed by atoms with van der Waals surface area (Å²) in [5.74, 6) is 0.544. The van der Waals surface area contributed by atoms with Crippen molar-refractivity contribution >= 4 is 10.9 Å². The molecule has 0 saturated carbocycles. The molecule has 0 radical (unpaired) electrons. The number of nitrogens with zero attached hydrogens (tertiary/aromatic N) is 1. The fourth-order valence-corrected chi connectivity index (χ4v) is 3.21. The number of hydrogen-bond acceptors (Lipinski definition) is 2. The van der Waals surface area contributed by atoms with Crippen molar-refractivity contribution in [1.82, 2.24) is 9.88 Å². The highest BCUT2D eigenvalue weighted by atomic mass is 15.0. The van der Waals surface area contributed by atoms with E-state index in [2.05, 4.69) is 42.1 Å². The van der Waals surface area contributed by atoms with Crippen molar-refractivity contribution in [3.05, 3.63) is 35.0 Å². The standard InChI is InChI=1S/C17H25N3/c1-3-4-20-11-15(5-12(2)8-18)16-6-13-9-19-10-14(13)7-17(16)20/h6-7,11-12,19H,3-5,8-10,18H2,1-2H3. The van der Waals surface area contributed by atoms with Crippen LogP contribution in [0.1, 0.15) is 37.0 Å². The van der Waals surface area contributed by atoms with Crippen molar-refractivity contribution < 1.29 is 0 Å². The fourth-order valence-electron chi connectivity index (χ4n) is 3.21. The third kappa shape index (κ3) is 2.36. The Hall–Kier alpha value is -1.32. The van der Waals surface area contributed by atoms with Crippen LogP contribution in [0.5, 0.6) is 0 Å². The van der Waals surface area contributed by atoms with Crippen LogP contribution < -0.4 is 11.1 Å². The van der Waals surface area contributed by atoms with E-state index in [0.29, 0.717) is 5.92 Å². The topological polar surface area (TPSA) is 43.0 Å². The largest absolute Gasteiger partial charge is 0.347 e. The van der Waals surface area contributed by atoms with E-state index in [-0.39, 0.29) is 0 Å². The molecule has 1 aliphatic rings. The minimum atomic E-state index is 0.544. The summed E-state index contributed by atoms with van der Waals surface area (Å²) >= 11 is 0. The van der Waals surface area contributed by atoms with E-state index in [4.69, 9.17) is 5.73 Å². The minimum absolute atomic E-state index is 0.544. The molecule has 2 aromatic rings. The maximum absolute atomic E-state index is 5.80. The van der Waals surface area contributed by atoms with Gasteiger partial charge in [-0.05, 0) is 54.1 Å². The Bertz CT molecular complexity index is 612. The molecule has 1 aliphatic heterocycles. The molecule has 0 bridgehead atoms. The van der Waals surface area contributed by atoms with Gasteiger partial charge in [-0.2, -0.15) is 0 Å². The van der Waals surface area contributed by atoms with E-state index in [1.54, 1.807) is 0 Å². The minimum Gasteiger partial charge on any atom is -0.347 e. The number of hydrogen-bond donors (Lipinski definition) is 2. The molecule has 3 N–H and O–H groups in total. The molecule has 3 heteroatoms. The summed E-state index contributed by atoms with van der Waals surface area (Å²) in [7, 11) is 0. The van der Waals surface area contributed by atoms with Crippen LogP contribution in [0.4, 0.5) is 0 Å². The zero-order chi connectivity index (χ0) is 14.1. The number of benzene rings is 1. The summed E-state index contributed by atoms with van der Waals surface area (Å²) in [6, 6.07) is 4.78. The predicted molar refractivity (Wildman–Crippen MR) is 84.7 cm³/mol. The van der Waals surface area contributed by atoms with Gasteiger partial charge >= 0.3 is 0 Å². The van der Waals surface area contributed by atoms with Crippen LogP contribution in [0.2, 0.25) is 0 Å². The zero-order valence-corrected chi connectivity index (χ0v) is 12.6. The Morgan fingerprint density at radius 1 is 1.30 bits per heavy atom. The molecule has 0 saturated heterocycles. The lowest BCUT2D eigenvalue weighted by molar-refractivity contribution is 0.592. The molecule has 0 fully saturated rings. The first kappa shape index (κ1) is 13.7. The van der Waals surface area contributed by atoms with Gasteiger partial charge in [-0.15, -0.1) is 0 Å². The molecule has 20 heavy (non-hydrogen) atoms. The van der Waals surface area contributed by atoms with E-state index in [1.165, 1.54) is 34.0 Å². The number of nitrogens with two attached hydrogens (primary N) is 1. The normalized spacial score (nSPS) is 15.8. The van der Waals surface area contributed by atoms with Crippen molar-refractivity contribution in [2.24, 2.45) is 11.7 Å². The van der Waals surface area contributed by atoms with Gasteiger partial charge in [0, 0.05) is 36.7 Å². The van der Waals surface area contributed by atoms with Crippen molar-refractivity contribution in [2.45, 2.75) is 46.3 Å². The van der Waals surface area contributed by atoms with Crippen molar-refractivity contribution in [3.63, 3.8) is 0 Å². The molecule has 0 amide bonds. The molecule has 1 aromatic heterocycles. The predicted octanol–water partition coefficient (Wildman–Crippen LogP) is 2.79. The number of nitrogens with one attached hydrogen (secondary N) is 1. The van der Waals surface area contributed by atoms with Gasteiger partial charge in [-0.25, -0.2) is 0 Å². The maximum Gasteiger partial charge on any atom is 0.0486 e. The highest BCUT2D eigenvalue weighted by Gasteiger charge is 2.16. The first-order valence-electron chi connectivity index (χ1n) is 7.77. The third-order valence-corrected chi connectivity index (χ3v) is 4.35. The maximum atomic E-state index is 5.80. The quantitative estimate of drug-likeness (QED) is 0.878. The first-order valence-corrected chi connectivity index (χ1v) is 7.77. The molecule has 3 rings (SSSR count). The molecule has 0 spiro atoms. The van der Waals surface area contributed by atoms with E-state index < -0.39 is 0 Å². The van der Waals surface area contributed by atoms with E-state index in [9.17, 15) is 0 Å². The second-order valence-electron chi connectivity index (χ2n) is 6.13. The van der Waals surface area contributed by atoms with Gasteiger partial charge in [0.05, 0.1) is 0 Å². The lowest BCUT2D eigenvalue weighted by Crippen LogP contribution is -2.12. The Morgan fingerprint density at radius 3 is 2.75 bits per heavy atom. The molecule has 108 valence electrons. The van der Waals surface area contributed by atoms with E-state index in [0.717, 1.165) is 32.6 Å². The summed E-state index contributed by atoms with van der Waals surface area (Å²) < 4.78 is 2.42. The Labute approximate surface area is 121 Å². The second kappa shape index (κ2) is 5.58. The molecular formula is C17H25N3. The van der Waals surface area contributed by atoms with Crippen molar-refractivity contribution in [2.75, 3.05) is 6.54 Å². The van der Waals surface area contributed by atoms with Crippen LogP contribution in [0.3, 0.4) is 0 Å². The summed E-state index contributed by atoms with van der Waals surface area (Å²) in [6.45, 7) is 8.35. The van der Waals surface area contributed by atoms with Gasteiger partial charge in [-0.1, -0.05) is 13.8 Å². The van der Waals surface area contributed by atoms with Gasteiger partial charge in [0.1, 0.15) is 0 Å². The van der Waals surface area contributed by atoms with Crippen LogP contribution in [0.25, 0.3) is 10.9 Å². The van der Waals surface area contributed by atoms with E-state index in [1.807, 2.05) is 0 Å². The third-order valence-electron chi connectivity index (χ3n) is 4.35. The molecule has 1 unspecified atom stereocenters. The summed E-state index contributed by atoms with van der Waals surface area (Å²) in [4.78, 5) is 0. The number of aryl methyl sites for hydroxylation is 1. The van der Waals surface area contributed by atoms with Crippen LogP contribution >= 0.6 is 0 Å². The van der Waals surface area contributed by atoms with Crippen LogP contribution in [-0.4, -0.2) is 11.1 Å². The fraction of sp³-hybridized carbons (Fsp3) is 0.529. The monoisotopic (exact) mass is 271 g/mol. The van der Waals surface area contributed by atoms with E-state index >= 15 is 0 Å². The summed E-state index contributed by atoms with van der Waals surface area (Å²) in [5.41, 5.74) is 11.6. The first-order chi connectivity index (χ1) is 9.72. The average molecular weight is 271 g/mol. The highest BCUT2D eigenvalue weighted by molar-refractivity contribution is 5.86. The Morgan fingerprint density at radius 2 is 2.05 bits per heavy atom. The van der Waals surface area contributed by atoms with Crippen LogP contribution in [-0.2, 0) is 26.1 Å². The van der Waals surface area contributed by atoms with Crippen molar-refractivity contribution in [1.29, 1.82) is 0 Å². The molecule has 1 aromatic carbocycles. The second-order valence-corrected chi connectivity index (χ2v) is 6.13. The van der Waals surface area contributed by atoms with Crippen LogP contribution in [0.15, 0.2) is 18.3 Å². The Kier molecular flexibility index (Phi) is 3.81. The molecular weight excluding hydrogens is 246 g/mol. The average Bonchev–Trinajstić information content (AvgIpc) is 3.02. The summed E-state index contributed by atoms with van der Waals surface area (Å²) in [5, 5.41) is 4.88. The van der Waals surface area contributed by atoms with Crippen molar-refractivity contribution in [3.8, 4) is 0 Å². The summed E-state index contributed by atoms with van der Waals surface area (Å²) in [6.07, 6.45) is 4.60. The molecule has 2 heterocycles. The molecule has 0 aliphatic carbocycles. The molecule has 1 atom stereocenters. The van der Waals surface area contributed by atoms with Gasteiger partial charge in [-0.3, -0.25) is 0 Å². The SMILES string of the molecule is CCCn1cc(CC(C)CN)c2cc3c(cc21)CNC3. The van der Waals surface area contributed by atoms with Crippen LogP contribution in [0, 0.1) is 5.92 Å². The lowest BCUT2D eigenvalue weighted by Gasteiger charge is -2.07. The van der Waals surface area contributed by atoms with Gasteiger partial charge in [0.15, 0.2) is 0 Å². The van der Waals surface area contributed by atoms with Gasteiger partial charge in [0.2, 0.25) is 0 Å². The molecule has 3 nitrogen and oxygen atoms in total. The number of fused-ring (bicyclic) bond motifs is 2. The lowest BCUT2D eigenvalue weighted by atomic mass is 9.99. The number of aromatic nitrogens is 1. The number of rotatable bonds is 5. The smallest absolute Gasteiger partial charge is 0.0486 e. The van der Waals surface area contributed by atoms with Gasteiger partial charge < -0.3 is 15.6 Å². The highest BCUT2D eigenvalue weighted by Crippen LogP contribution is 2.29.